The molecule has 2 aromatic heterocycles. The van der Waals surface area contributed by atoms with Gasteiger partial charge in [-0.05, 0) is 51.3 Å². The first-order valence-corrected chi connectivity index (χ1v) is 11.9. The molecule has 0 radical (unpaired) electrons. The fourth-order valence-electron chi connectivity index (χ4n) is 3.83. The second-order valence-electron chi connectivity index (χ2n) is 8.45. The van der Waals surface area contributed by atoms with Crippen LogP contribution in [0.4, 0.5) is 5.13 Å². The number of carbonyl (C=O) groups excluding carboxylic acids is 1. The summed E-state index contributed by atoms with van der Waals surface area (Å²) in [5.74, 6) is 0.534. The highest BCUT2D eigenvalue weighted by Crippen LogP contribution is 2.25. The van der Waals surface area contributed by atoms with Crippen LogP contribution in [0.1, 0.15) is 52.6 Å². The van der Waals surface area contributed by atoms with Crippen molar-refractivity contribution in [2.75, 3.05) is 18.4 Å². The molecule has 0 aliphatic carbocycles. The first kappa shape index (κ1) is 22.0. The zero-order valence-electron chi connectivity index (χ0n) is 18.2. The van der Waals surface area contributed by atoms with E-state index in [1.807, 2.05) is 24.4 Å². The number of thiazole rings is 1. The number of nitrogens with zero attached hydrogens (tertiary/aromatic N) is 4. The number of aromatic nitrogens is 3. The van der Waals surface area contributed by atoms with Crippen molar-refractivity contribution in [3.8, 4) is 0 Å². The minimum Gasteiger partial charge on any atom is -0.298 e. The fraction of sp³-hybridized carbons (Fsp3) is 0.435. The van der Waals surface area contributed by atoms with E-state index in [4.69, 9.17) is 11.6 Å². The molecular weight excluding hydrogens is 430 g/mol. The van der Waals surface area contributed by atoms with Crippen LogP contribution >= 0.6 is 22.9 Å². The van der Waals surface area contributed by atoms with Crippen LogP contribution in [0.25, 0.3) is 0 Å². The lowest BCUT2D eigenvalue weighted by atomic mass is 9.99. The third-order valence-corrected chi connectivity index (χ3v) is 6.97. The number of hydrogen-bond acceptors (Lipinski definition) is 5. The van der Waals surface area contributed by atoms with Gasteiger partial charge >= 0.3 is 0 Å². The molecule has 1 aliphatic rings. The van der Waals surface area contributed by atoms with E-state index >= 15 is 0 Å². The van der Waals surface area contributed by atoms with Crippen LogP contribution in [-0.2, 0) is 13.1 Å². The van der Waals surface area contributed by atoms with Crippen LogP contribution in [0.3, 0.4) is 0 Å². The molecule has 8 heteroatoms. The normalized spacial score (nSPS) is 15.4. The maximum atomic E-state index is 12.9. The number of amides is 1. The van der Waals surface area contributed by atoms with Crippen LogP contribution < -0.4 is 5.32 Å². The number of likely N-dealkylation sites (tertiary alicyclic amines) is 1. The van der Waals surface area contributed by atoms with Crippen molar-refractivity contribution in [3.05, 3.63) is 62.9 Å². The third-order valence-electron chi connectivity index (χ3n) is 5.78. The Morgan fingerprint density at radius 2 is 1.90 bits per heavy atom. The van der Waals surface area contributed by atoms with E-state index in [9.17, 15) is 4.79 Å². The highest BCUT2D eigenvalue weighted by Gasteiger charge is 2.22. The topological polar surface area (TPSA) is 63.1 Å². The van der Waals surface area contributed by atoms with Gasteiger partial charge < -0.3 is 0 Å². The van der Waals surface area contributed by atoms with E-state index in [1.54, 1.807) is 11.6 Å². The number of aryl methyl sites for hydroxylation is 2. The highest BCUT2D eigenvalue weighted by atomic mass is 35.5. The van der Waals surface area contributed by atoms with Crippen LogP contribution in [0, 0.1) is 19.8 Å². The maximum Gasteiger partial charge on any atom is 0.262 e. The Bertz CT molecular complexity index is 1050. The van der Waals surface area contributed by atoms with E-state index in [0.717, 1.165) is 36.8 Å². The minimum atomic E-state index is -0.273. The molecule has 1 saturated heterocycles. The molecule has 3 aromatic rings. The molecule has 0 atom stereocenters. The Balaban J connectivity index is 1.41. The molecule has 1 fully saturated rings. The summed E-state index contributed by atoms with van der Waals surface area (Å²) in [7, 11) is 0. The molecule has 31 heavy (non-hydrogen) atoms. The van der Waals surface area contributed by atoms with Gasteiger partial charge in [-0.2, -0.15) is 5.10 Å². The average molecular weight is 458 g/mol. The zero-order chi connectivity index (χ0) is 22.0. The van der Waals surface area contributed by atoms with E-state index in [-0.39, 0.29) is 5.91 Å². The average Bonchev–Trinajstić information content (AvgIpc) is 3.28. The Labute approximate surface area is 192 Å². The van der Waals surface area contributed by atoms with Crippen molar-refractivity contribution >= 4 is 34.0 Å². The van der Waals surface area contributed by atoms with Crippen molar-refractivity contribution in [2.45, 2.75) is 46.7 Å². The summed E-state index contributed by atoms with van der Waals surface area (Å²) in [5.41, 5.74) is 4.28. The fourth-order valence-corrected chi connectivity index (χ4v) is 4.84. The molecule has 1 N–H and O–H groups in total. The largest absolute Gasteiger partial charge is 0.298 e. The van der Waals surface area contributed by atoms with Gasteiger partial charge in [0.1, 0.15) is 5.15 Å². The summed E-state index contributed by atoms with van der Waals surface area (Å²) in [6.07, 6.45) is 2.47. The summed E-state index contributed by atoms with van der Waals surface area (Å²) < 4.78 is 1.67. The molecule has 0 bridgehead atoms. The summed E-state index contributed by atoms with van der Waals surface area (Å²) in [5, 5.41) is 10.3. The van der Waals surface area contributed by atoms with Crippen molar-refractivity contribution in [2.24, 2.45) is 5.92 Å². The van der Waals surface area contributed by atoms with Crippen molar-refractivity contribution in [3.63, 3.8) is 0 Å². The Kier molecular flexibility index (Phi) is 6.74. The van der Waals surface area contributed by atoms with Crippen molar-refractivity contribution < 1.29 is 4.79 Å². The van der Waals surface area contributed by atoms with Gasteiger partial charge in [0.25, 0.3) is 5.91 Å². The number of benzene rings is 1. The third kappa shape index (κ3) is 5.34. The lowest BCUT2D eigenvalue weighted by Crippen LogP contribution is -2.32. The molecule has 1 amide bonds. The van der Waals surface area contributed by atoms with Gasteiger partial charge in [0.15, 0.2) is 5.13 Å². The Morgan fingerprint density at radius 1 is 1.19 bits per heavy atom. The predicted molar refractivity (Wildman–Crippen MR) is 126 cm³/mol. The molecule has 0 saturated carbocycles. The number of carbonyl (C=O) groups is 1. The van der Waals surface area contributed by atoms with Gasteiger partial charge in [-0.15, -0.1) is 11.3 Å². The molecule has 0 spiro atoms. The summed E-state index contributed by atoms with van der Waals surface area (Å²) in [4.78, 5) is 19.9. The Hall–Kier alpha value is -2.22. The number of hydrogen-bond donors (Lipinski definition) is 1. The number of piperidine rings is 1. The van der Waals surface area contributed by atoms with Gasteiger partial charge in [-0.3, -0.25) is 15.0 Å². The summed E-state index contributed by atoms with van der Waals surface area (Å²) >= 11 is 7.98. The zero-order valence-corrected chi connectivity index (χ0v) is 19.8. The maximum absolute atomic E-state index is 12.9. The molecule has 4 rings (SSSR count). The molecule has 6 nitrogen and oxygen atoms in total. The lowest BCUT2D eigenvalue weighted by molar-refractivity contribution is 0.102. The summed E-state index contributed by atoms with van der Waals surface area (Å²) in [6, 6.07) is 8.19. The lowest BCUT2D eigenvalue weighted by Gasteiger charge is -2.29. The molecule has 3 heterocycles. The molecule has 1 aliphatic heterocycles. The van der Waals surface area contributed by atoms with E-state index in [1.165, 1.54) is 29.7 Å². The summed E-state index contributed by atoms with van der Waals surface area (Å²) in [6.45, 7) is 9.72. The molecule has 164 valence electrons. The first-order chi connectivity index (χ1) is 14.9. The first-order valence-electron chi connectivity index (χ1n) is 10.7. The van der Waals surface area contributed by atoms with Gasteiger partial charge in [0.2, 0.25) is 0 Å². The van der Waals surface area contributed by atoms with Crippen LogP contribution in [-0.4, -0.2) is 38.7 Å². The van der Waals surface area contributed by atoms with Crippen LogP contribution in [0.5, 0.6) is 0 Å². The van der Waals surface area contributed by atoms with Gasteiger partial charge in [-0.1, -0.05) is 48.4 Å². The van der Waals surface area contributed by atoms with E-state index < -0.39 is 0 Å². The smallest absolute Gasteiger partial charge is 0.262 e. The molecule has 1 aromatic carbocycles. The second kappa shape index (κ2) is 9.51. The van der Waals surface area contributed by atoms with Gasteiger partial charge in [0, 0.05) is 11.9 Å². The highest BCUT2D eigenvalue weighted by molar-refractivity contribution is 7.14. The van der Waals surface area contributed by atoms with Crippen LogP contribution in [0.15, 0.2) is 29.6 Å². The van der Waals surface area contributed by atoms with Crippen molar-refractivity contribution in [1.82, 2.24) is 19.7 Å². The van der Waals surface area contributed by atoms with Gasteiger partial charge in [0.05, 0.1) is 23.5 Å². The van der Waals surface area contributed by atoms with Gasteiger partial charge in [-0.25, -0.2) is 9.67 Å². The Morgan fingerprint density at radius 3 is 2.61 bits per heavy atom. The molecule has 0 unspecified atom stereocenters. The van der Waals surface area contributed by atoms with E-state index in [0.29, 0.717) is 28.1 Å². The second-order valence-corrected chi connectivity index (χ2v) is 9.67. The van der Waals surface area contributed by atoms with Crippen LogP contribution in [0.2, 0.25) is 5.15 Å². The predicted octanol–water partition coefficient (Wildman–Crippen LogP) is 5.14. The van der Waals surface area contributed by atoms with E-state index in [2.05, 4.69) is 39.4 Å². The number of halogens is 1. The monoisotopic (exact) mass is 457 g/mol. The quantitative estimate of drug-likeness (QED) is 0.556. The SMILES string of the molecule is Cc1ccc(Cn2nc(C)c(C(=O)Nc3nc(CN4CCC(C)CC4)cs3)c2Cl)cc1. The standard InChI is InChI=1S/C23H28ClN5OS/c1-15-4-6-18(7-5-15)12-29-21(24)20(17(3)27-29)22(30)26-23-25-19(14-31-23)13-28-10-8-16(2)9-11-28/h4-7,14,16H,8-13H2,1-3H3,(H,25,26,30). The number of rotatable bonds is 6. The number of nitrogens with one attached hydrogen (secondary N) is 1. The molecular formula is C23H28ClN5OS. The van der Waals surface area contributed by atoms with Crippen molar-refractivity contribution in [1.29, 1.82) is 0 Å². The minimum absolute atomic E-state index is 0.273. The number of anilines is 1.